The Morgan fingerprint density at radius 2 is 2.05 bits per heavy atom. The molecule has 0 radical (unpaired) electrons. The lowest BCUT2D eigenvalue weighted by Crippen LogP contribution is -2.42. The van der Waals surface area contributed by atoms with Crippen molar-refractivity contribution in [2.75, 3.05) is 18.1 Å². The van der Waals surface area contributed by atoms with Crippen LogP contribution in [0, 0.1) is 0 Å². The van der Waals surface area contributed by atoms with Crippen molar-refractivity contribution in [1.29, 1.82) is 0 Å². The Labute approximate surface area is 121 Å². The summed E-state index contributed by atoms with van der Waals surface area (Å²) in [6, 6.07) is 3.75. The first kappa shape index (κ1) is 15.8. The molecule has 1 N–H and O–H groups in total. The number of alkyl halides is 3. The van der Waals surface area contributed by atoms with E-state index in [-0.39, 0.29) is 23.9 Å². The molecule has 0 aliphatic heterocycles. The Hall–Kier alpha value is -1.56. The Morgan fingerprint density at radius 3 is 2.52 bits per heavy atom. The molecule has 1 fully saturated rings. The predicted octanol–water partition coefficient (Wildman–Crippen LogP) is 3.26. The van der Waals surface area contributed by atoms with E-state index in [1.807, 2.05) is 0 Å². The average molecular weight is 301 g/mol. The standard InChI is InChI=1S/C15H18F3NO2/c16-15(17,18)13-9-11(10-21)5-6-14(13)19(7-2-8-20)12-3-1-4-12/h5-6,9-10,12,20H,1-4,7-8H2. The molecule has 0 atom stereocenters. The van der Waals surface area contributed by atoms with Crippen LogP contribution in [0.25, 0.3) is 0 Å². The van der Waals surface area contributed by atoms with E-state index in [0.717, 1.165) is 25.3 Å². The molecule has 1 aliphatic rings. The number of nitrogens with zero attached hydrogens (tertiary/aromatic N) is 1. The van der Waals surface area contributed by atoms with Gasteiger partial charge >= 0.3 is 6.18 Å². The number of aliphatic hydroxyl groups excluding tert-OH is 1. The first-order valence-electron chi connectivity index (χ1n) is 7.01. The molecule has 3 nitrogen and oxygen atoms in total. The van der Waals surface area contributed by atoms with Gasteiger partial charge in [-0.05, 0) is 43.9 Å². The van der Waals surface area contributed by atoms with Gasteiger partial charge in [0, 0.05) is 30.4 Å². The summed E-state index contributed by atoms with van der Waals surface area (Å²) in [5.74, 6) is 0. The Bertz CT molecular complexity index is 498. The number of hydrogen-bond donors (Lipinski definition) is 1. The van der Waals surface area contributed by atoms with Crippen LogP contribution >= 0.6 is 0 Å². The quantitative estimate of drug-likeness (QED) is 0.820. The van der Waals surface area contributed by atoms with E-state index in [1.54, 1.807) is 4.90 Å². The van der Waals surface area contributed by atoms with Crippen molar-refractivity contribution >= 4 is 12.0 Å². The molecule has 0 heterocycles. The van der Waals surface area contributed by atoms with E-state index in [0.29, 0.717) is 19.3 Å². The van der Waals surface area contributed by atoms with E-state index < -0.39 is 11.7 Å². The predicted molar refractivity (Wildman–Crippen MR) is 73.5 cm³/mol. The van der Waals surface area contributed by atoms with Crippen LogP contribution in [0.15, 0.2) is 18.2 Å². The normalized spacial score (nSPS) is 15.6. The Morgan fingerprint density at radius 1 is 1.33 bits per heavy atom. The van der Waals surface area contributed by atoms with E-state index in [2.05, 4.69) is 0 Å². The number of hydrogen-bond acceptors (Lipinski definition) is 3. The van der Waals surface area contributed by atoms with Crippen LogP contribution < -0.4 is 4.90 Å². The summed E-state index contributed by atoms with van der Waals surface area (Å²) in [5.41, 5.74) is -0.662. The van der Waals surface area contributed by atoms with Crippen LogP contribution in [0.4, 0.5) is 18.9 Å². The lowest BCUT2D eigenvalue weighted by Gasteiger charge is -2.40. The fourth-order valence-electron chi connectivity index (χ4n) is 2.54. The maximum absolute atomic E-state index is 13.2. The highest BCUT2D eigenvalue weighted by molar-refractivity contribution is 5.77. The largest absolute Gasteiger partial charge is 0.418 e. The minimum Gasteiger partial charge on any atom is -0.396 e. The van der Waals surface area contributed by atoms with Crippen molar-refractivity contribution < 1.29 is 23.1 Å². The molecule has 6 heteroatoms. The van der Waals surface area contributed by atoms with Crippen LogP contribution in [0.3, 0.4) is 0 Å². The van der Waals surface area contributed by atoms with Crippen molar-refractivity contribution in [3.05, 3.63) is 29.3 Å². The number of halogens is 3. The van der Waals surface area contributed by atoms with Gasteiger partial charge in [-0.1, -0.05) is 0 Å². The summed E-state index contributed by atoms with van der Waals surface area (Å²) >= 11 is 0. The monoisotopic (exact) mass is 301 g/mol. The molecule has 21 heavy (non-hydrogen) atoms. The third-order valence-electron chi connectivity index (χ3n) is 3.84. The molecule has 0 bridgehead atoms. The third-order valence-corrected chi connectivity index (χ3v) is 3.84. The van der Waals surface area contributed by atoms with Crippen LogP contribution in [0.1, 0.15) is 41.6 Å². The second kappa shape index (κ2) is 6.47. The van der Waals surface area contributed by atoms with Crippen LogP contribution in [-0.4, -0.2) is 30.6 Å². The van der Waals surface area contributed by atoms with Gasteiger partial charge in [-0.15, -0.1) is 0 Å². The van der Waals surface area contributed by atoms with Crippen LogP contribution in [-0.2, 0) is 6.18 Å². The fraction of sp³-hybridized carbons (Fsp3) is 0.533. The third kappa shape index (κ3) is 3.56. The van der Waals surface area contributed by atoms with E-state index in [9.17, 15) is 18.0 Å². The topological polar surface area (TPSA) is 40.5 Å². The lowest BCUT2D eigenvalue weighted by atomic mass is 9.90. The second-order valence-corrected chi connectivity index (χ2v) is 5.25. The number of benzene rings is 1. The number of aliphatic hydroxyl groups is 1. The number of aldehydes is 1. The van der Waals surface area contributed by atoms with Crippen LogP contribution in [0.2, 0.25) is 0 Å². The van der Waals surface area contributed by atoms with Crippen molar-refractivity contribution in [2.24, 2.45) is 0 Å². The molecular weight excluding hydrogens is 283 g/mol. The summed E-state index contributed by atoms with van der Waals surface area (Å²) in [7, 11) is 0. The van der Waals surface area contributed by atoms with E-state index in [1.165, 1.54) is 12.1 Å². The number of rotatable bonds is 6. The molecule has 0 aromatic heterocycles. The summed E-state index contributed by atoms with van der Waals surface area (Å²) in [6.45, 7) is 0.321. The summed E-state index contributed by atoms with van der Waals surface area (Å²) in [5, 5.41) is 8.95. The fourth-order valence-corrected chi connectivity index (χ4v) is 2.54. The van der Waals surface area contributed by atoms with Gasteiger partial charge in [0.1, 0.15) is 6.29 Å². The molecule has 116 valence electrons. The number of carbonyl (C=O) groups is 1. The van der Waals surface area contributed by atoms with E-state index in [4.69, 9.17) is 5.11 Å². The van der Waals surface area contributed by atoms with Gasteiger partial charge in [-0.2, -0.15) is 13.2 Å². The Kier molecular flexibility index (Phi) is 4.88. The second-order valence-electron chi connectivity index (χ2n) is 5.25. The minimum atomic E-state index is -4.50. The van der Waals surface area contributed by atoms with Crippen molar-refractivity contribution in [3.8, 4) is 0 Å². The maximum Gasteiger partial charge on any atom is 0.418 e. The maximum atomic E-state index is 13.2. The average Bonchev–Trinajstić information content (AvgIpc) is 2.39. The molecule has 0 spiro atoms. The number of anilines is 1. The molecule has 1 saturated carbocycles. The highest BCUT2D eigenvalue weighted by Gasteiger charge is 2.37. The van der Waals surface area contributed by atoms with Gasteiger partial charge in [0.05, 0.1) is 5.56 Å². The molecular formula is C15H18F3NO2. The van der Waals surface area contributed by atoms with Crippen LogP contribution in [0.5, 0.6) is 0 Å². The molecule has 0 amide bonds. The highest BCUT2D eigenvalue weighted by Crippen LogP contribution is 2.40. The lowest BCUT2D eigenvalue weighted by molar-refractivity contribution is -0.137. The minimum absolute atomic E-state index is 0.0155. The van der Waals surface area contributed by atoms with Gasteiger partial charge in [0.2, 0.25) is 0 Å². The van der Waals surface area contributed by atoms with Crippen molar-refractivity contribution in [1.82, 2.24) is 0 Å². The first-order valence-corrected chi connectivity index (χ1v) is 7.01. The van der Waals surface area contributed by atoms with E-state index >= 15 is 0 Å². The molecule has 2 rings (SSSR count). The smallest absolute Gasteiger partial charge is 0.396 e. The molecule has 1 aromatic rings. The Balaban J connectivity index is 2.40. The van der Waals surface area contributed by atoms with Gasteiger partial charge in [-0.3, -0.25) is 4.79 Å². The molecule has 1 aromatic carbocycles. The van der Waals surface area contributed by atoms with Crippen molar-refractivity contribution in [3.63, 3.8) is 0 Å². The SMILES string of the molecule is O=Cc1ccc(N(CCCO)C2CCC2)c(C(F)(F)F)c1. The van der Waals surface area contributed by atoms with Gasteiger partial charge in [-0.25, -0.2) is 0 Å². The first-order chi connectivity index (χ1) is 9.97. The van der Waals surface area contributed by atoms with Crippen molar-refractivity contribution in [2.45, 2.75) is 37.9 Å². The molecule has 1 aliphatic carbocycles. The number of carbonyl (C=O) groups excluding carboxylic acids is 1. The summed E-state index contributed by atoms with van der Waals surface area (Å²) in [4.78, 5) is 12.4. The highest BCUT2D eigenvalue weighted by atomic mass is 19.4. The zero-order valence-electron chi connectivity index (χ0n) is 11.6. The van der Waals surface area contributed by atoms with Gasteiger partial charge in [0.25, 0.3) is 0 Å². The van der Waals surface area contributed by atoms with Gasteiger partial charge in [0.15, 0.2) is 0 Å². The molecule has 0 unspecified atom stereocenters. The zero-order chi connectivity index (χ0) is 15.5. The summed E-state index contributed by atoms with van der Waals surface area (Å²) < 4.78 is 39.7. The molecule has 0 saturated heterocycles. The van der Waals surface area contributed by atoms with Gasteiger partial charge < -0.3 is 10.0 Å². The summed E-state index contributed by atoms with van der Waals surface area (Å²) in [6.07, 6.45) is -0.941. The zero-order valence-corrected chi connectivity index (χ0v) is 11.6.